The molecular weight excluding hydrogens is 496 g/mol. The van der Waals surface area contributed by atoms with E-state index < -0.39 is 0 Å². The Kier molecular flexibility index (Phi) is 14.4. The van der Waals surface area contributed by atoms with Crippen LogP contribution in [0.25, 0.3) is 0 Å². The molecular formula is C34H68N4O2. The van der Waals surface area contributed by atoms with Crippen molar-refractivity contribution in [3.63, 3.8) is 0 Å². The zero-order valence-electron chi connectivity index (χ0n) is 28.5. The van der Waals surface area contributed by atoms with Crippen LogP contribution >= 0.6 is 0 Å². The second kappa shape index (κ2) is 16.2. The van der Waals surface area contributed by atoms with Crippen molar-refractivity contribution in [2.75, 3.05) is 13.2 Å². The number of hydrazone groups is 1. The van der Waals surface area contributed by atoms with E-state index in [9.17, 15) is 0 Å². The lowest BCUT2D eigenvalue weighted by Gasteiger charge is -2.54. The van der Waals surface area contributed by atoms with Crippen molar-refractivity contribution in [2.24, 2.45) is 5.10 Å². The standard InChI is InChI=1S/C34H68N4O2/c1-11-13-15-17-19-21-23-39-37-31(3,4)25-29(26-32(37,5)6)35-36-30-27-33(7,8)38(34(9,10)28-30)40-24-22-20-18-16-14-12-2/h29,35H,11-28H2,1-10H3. The number of hydrogen-bond acceptors (Lipinski definition) is 6. The van der Waals surface area contributed by atoms with E-state index in [1.165, 1.54) is 69.9 Å². The first kappa shape index (κ1) is 35.5. The fourth-order valence-electron chi connectivity index (χ4n) is 7.42. The van der Waals surface area contributed by atoms with Gasteiger partial charge in [-0.05, 0) is 81.1 Å². The summed E-state index contributed by atoms with van der Waals surface area (Å²) in [5, 5.41) is 9.63. The molecule has 0 amide bonds. The Labute approximate surface area is 249 Å². The summed E-state index contributed by atoms with van der Waals surface area (Å²) in [7, 11) is 0. The average molecular weight is 565 g/mol. The number of unbranched alkanes of at least 4 members (excludes halogenated alkanes) is 10. The lowest BCUT2D eigenvalue weighted by molar-refractivity contribution is -0.284. The van der Waals surface area contributed by atoms with Gasteiger partial charge < -0.3 is 5.43 Å². The van der Waals surface area contributed by atoms with Crippen LogP contribution in [0.2, 0.25) is 0 Å². The Morgan fingerprint density at radius 2 is 0.975 bits per heavy atom. The van der Waals surface area contributed by atoms with Crippen LogP contribution in [0.15, 0.2) is 5.10 Å². The van der Waals surface area contributed by atoms with Crippen LogP contribution in [-0.2, 0) is 9.68 Å². The lowest BCUT2D eigenvalue weighted by Crippen LogP contribution is -2.63. The van der Waals surface area contributed by atoms with Crippen molar-refractivity contribution in [3.8, 4) is 0 Å². The van der Waals surface area contributed by atoms with Gasteiger partial charge in [0, 0.05) is 46.8 Å². The summed E-state index contributed by atoms with van der Waals surface area (Å²) < 4.78 is 0. The highest BCUT2D eigenvalue weighted by molar-refractivity contribution is 5.87. The first-order valence-corrected chi connectivity index (χ1v) is 16.9. The first-order valence-electron chi connectivity index (χ1n) is 16.9. The maximum Gasteiger partial charge on any atom is 0.0685 e. The number of nitrogens with one attached hydrogen (secondary N) is 1. The third-order valence-electron chi connectivity index (χ3n) is 8.81. The lowest BCUT2D eigenvalue weighted by atomic mass is 9.79. The normalized spacial score (nSPS) is 22.9. The monoisotopic (exact) mass is 565 g/mol. The molecule has 0 saturated carbocycles. The molecule has 0 aromatic rings. The summed E-state index contributed by atoms with van der Waals surface area (Å²) in [6.45, 7) is 24.7. The Morgan fingerprint density at radius 1 is 0.600 bits per heavy atom. The van der Waals surface area contributed by atoms with E-state index in [1.54, 1.807) is 0 Å². The Balaban J connectivity index is 1.88. The summed E-state index contributed by atoms with van der Waals surface area (Å²) in [4.78, 5) is 12.9. The maximum absolute atomic E-state index is 6.44. The first-order chi connectivity index (χ1) is 18.7. The van der Waals surface area contributed by atoms with E-state index in [1.807, 2.05) is 0 Å². The van der Waals surface area contributed by atoms with Crippen molar-refractivity contribution in [1.82, 2.24) is 15.6 Å². The minimum atomic E-state index is -0.0865. The fraction of sp³-hybridized carbons (Fsp3) is 0.971. The SMILES string of the molecule is CCCCCCCCON1C(C)(C)CC(=NNC2CC(C)(C)N(OCCCCCCCC)C(C)(C)C2)CC1(C)C. The summed E-state index contributed by atoms with van der Waals surface area (Å²) in [5.74, 6) is 0. The van der Waals surface area contributed by atoms with Gasteiger partial charge in [-0.1, -0.05) is 78.1 Å². The Bertz CT molecular complexity index is 708. The molecule has 0 aliphatic carbocycles. The van der Waals surface area contributed by atoms with E-state index in [0.29, 0.717) is 6.04 Å². The van der Waals surface area contributed by atoms with E-state index in [0.717, 1.165) is 51.7 Å². The molecule has 2 aliphatic rings. The molecule has 2 fully saturated rings. The Morgan fingerprint density at radius 3 is 1.40 bits per heavy atom. The van der Waals surface area contributed by atoms with Crippen LogP contribution in [0.1, 0.15) is 172 Å². The molecule has 6 nitrogen and oxygen atoms in total. The molecule has 0 aromatic heterocycles. The molecule has 0 radical (unpaired) electrons. The van der Waals surface area contributed by atoms with Gasteiger partial charge in [-0.15, -0.1) is 0 Å². The molecule has 2 rings (SSSR count). The maximum atomic E-state index is 6.44. The summed E-state index contributed by atoms with van der Waals surface area (Å²) in [6.07, 6.45) is 19.4. The molecule has 0 bridgehead atoms. The third-order valence-corrected chi connectivity index (χ3v) is 8.81. The smallest absolute Gasteiger partial charge is 0.0685 e. The zero-order valence-corrected chi connectivity index (χ0v) is 28.5. The minimum absolute atomic E-state index is 0.0475. The predicted molar refractivity (Wildman–Crippen MR) is 171 cm³/mol. The van der Waals surface area contributed by atoms with Crippen LogP contribution in [0.4, 0.5) is 0 Å². The van der Waals surface area contributed by atoms with Crippen LogP contribution in [0, 0.1) is 0 Å². The molecule has 0 unspecified atom stereocenters. The summed E-state index contributed by atoms with van der Waals surface area (Å²) in [6, 6.07) is 0.333. The van der Waals surface area contributed by atoms with Gasteiger partial charge in [0.15, 0.2) is 0 Å². The molecule has 0 spiro atoms. The number of hydrogen-bond donors (Lipinski definition) is 1. The molecule has 6 heteroatoms. The van der Waals surface area contributed by atoms with Gasteiger partial charge in [-0.3, -0.25) is 9.68 Å². The minimum Gasteiger partial charge on any atom is -0.307 e. The largest absolute Gasteiger partial charge is 0.307 e. The van der Waals surface area contributed by atoms with Crippen LogP contribution in [0.3, 0.4) is 0 Å². The summed E-state index contributed by atoms with van der Waals surface area (Å²) in [5.41, 5.74) is 4.62. The predicted octanol–water partition coefficient (Wildman–Crippen LogP) is 9.19. The molecule has 2 saturated heterocycles. The number of nitrogens with zero attached hydrogens (tertiary/aromatic N) is 3. The van der Waals surface area contributed by atoms with E-state index in [4.69, 9.17) is 14.8 Å². The van der Waals surface area contributed by atoms with Crippen LogP contribution < -0.4 is 5.43 Å². The molecule has 2 heterocycles. The van der Waals surface area contributed by atoms with E-state index in [-0.39, 0.29) is 22.2 Å². The van der Waals surface area contributed by atoms with Crippen LogP contribution in [0.5, 0.6) is 0 Å². The molecule has 0 atom stereocenters. The van der Waals surface area contributed by atoms with Gasteiger partial charge in [-0.2, -0.15) is 15.2 Å². The van der Waals surface area contributed by atoms with E-state index >= 15 is 0 Å². The molecule has 2 aliphatic heterocycles. The van der Waals surface area contributed by atoms with Gasteiger partial charge in [0.1, 0.15) is 0 Å². The van der Waals surface area contributed by atoms with E-state index in [2.05, 4.69) is 84.8 Å². The second-order valence-corrected chi connectivity index (χ2v) is 15.3. The van der Waals surface area contributed by atoms with Gasteiger partial charge in [0.2, 0.25) is 0 Å². The average Bonchev–Trinajstić information content (AvgIpc) is 2.83. The van der Waals surface area contributed by atoms with Gasteiger partial charge >= 0.3 is 0 Å². The quantitative estimate of drug-likeness (QED) is 0.133. The highest BCUT2D eigenvalue weighted by Crippen LogP contribution is 2.40. The fourth-order valence-corrected chi connectivity index (χ4v) is 7.42. The highest BCUT2D eigenvalue weighted by atomic mass is 16.7. The van der Waals surface area contributed by atoms with Gasteiger partial charge in [0.25, 0.3) is 0 Å². The molecule has 236 valence electrons. The van der Waals surface area contributed by atoms with Crippen molar-refractivity contribution in [1.29, 1.82) is 0 Å². The Hall–Kier alpha value is -0.690. The topological polar surface area (TPSA) is 49.3 Å². The molecule has 0 aromatic carbocycles. The van der Waals surface area contributed by atoms with Gasteiger partial charge in [-0.25, -0.2) is 0 Å². The second-order valence-electron chi connectivity index (χ2n) is 15.3. The van der Waals surface area contributed by atoms with Crippen molar-refractivity contribution in [3.05, 3.63) is 0 Å². The van der Waals surface area contributed by atoms with Crippen molar-refractivity contribution < 1.29 is 9.68 Å². The molecule has 40 heavy (non-hydrogen) atoms. The van der Waals surface area contributed by atoms with Gasteiger partial charge in [0.05, 0.1) is 13.2 Å². The van der Waals surface area contributed by atoms with Crippen molar-refractivity contribution >= 4 is 5.71 Å². The van der Waals surface area contributed by atoms with Crippen molar-refractivity contribution in [2.45, 2.75) is 200 Å². The molecule has 1 N–H and O–H groups in total. The summed E-state index contributed by atoms with van der Waals surface area (Å²) >= 11 is 0. The number of rotatable bonds is 18. The third kappa shape index (κ3) is 11.2. The van der Waals surface area contributed by atoms with Crippen LogP contribution in [-0.4, -0.2) is 57.2 Å². The number of piperidine rings is 2. The number of hydroxylamine groups is 4. The highest BCUT2D eigenvalue weighted by Gasteiger charge is 2.48. The zero-order chi connectivity index (χ0) is 29.9.